The van der Waals surface area contributed by atoms with Gasteiger partial charge in [0.05, 0.1) is 6.61 Å². The molecule has 0 spiro atoms. The number of hydrogen-bond donors (Lipinski definition) is 2. The van der Waals surface area contributed by atoms with Crippen molar-refractivity contribution in [1.82, 2.24) is 9.88 Å². The minimum absolute atomic E-state index is 0.228. The Bertz CT molecular complexity index is 442. The SMILES string of the molecule is NC(=O)CCc1cccc(C2CCN(CCO)CC2)n1. The lowest BCUT2D eigenvalue weighted by molar-refractivity contribution is -0.118. The van der Waals surface area contributed by atoms with Crippen molar-refractivity contribution in [3.05, 3.63) is 29.6 Å². The Balaban J connectivity index is 1.92. The predicted molar refractivity (Wildman–Crippen MR) is 77.3 cm³/mol. The van der Waals surface area contributed by atoms with Crippen LogP contribution in [-0.2, 0) is 11.2 Å². The van der Waals surface area contributed by atoms with Crippen LogP contribution < -0.4 is 5.73 Å². The Morgan fingerprint density at radius 2 is 2.15 bits per heavy atom. The topological polar surface area (TPSA) is 79.5 Å². The van der Waals surface area contributed by atoms with Gasteiger partial charge in [-0.15, -0.1) is 0 Å². The number of nitrogens with zero attached hydrogens (tertiary/aromatic N) is 2. The highest BCUT2D eigenvalue weighted by molar-refractivity contribution is 5.73. The van der Waals surface area contributed by atoms with Gasteiger partial charge in [0.15, 0.2) is 0 Å². The number of piperidine rings is 1. The molecule has 0 bridgehead atoms. The number of primary amides is 1. The average Bonchev–Trinajstić information content (AvgIpc) is 2.47. The van der Waals surface area contributed by atoms with Gasteiger partial charge in [0.1, 0.15) is 0 Å². The van der Waals surface area contributed by atoms with Gasteiger partial charge >= 0.3 is 0 Å². The van der Waals surface area contributed by atoms with Crippen molar-refractivity contribution >= 4 is 5.91 Å². The lowest BCUT2D eigenvalue weighted by Crippen LogP contribution is -2.35. The largest absolute Gasteiger partial charge is 0.395 e. The summed E-state index contributed by atoms with van der Waals surface area (Å²) in [6.45, 7) is 3.02. The standard InChI is InChI=1S/C15H23N3O2/c16-15(20)5-4-13-2-1-3-14(17-13)12-6-8-18(9-7-12)10-11-19/h1-3,12,19H,4-11H2,(H2,16,20). The fourth-order valence-electron chi connectivity index (χ4n) is 2.71. The van der Waals surface area contributed by atoms with Gasteiger partial charge in [-0.2, -0.15) is 0 Å². The van der Waals surface area contributed by atoms with Crippen LogP contribution in [0.5, 0.6) is 0 Å². The zero-order valence-electron chi connectivity index (χ0n) is 11.8. The van der Waals surface area contributed by atoms with E-state index in [0.717, 1.165) is 43.9 Å². The molecule has 0 aliphatic carbocycles. The van der Waals surface area contributed by atoms with E-state index in [1.807, 2.05) is 12.1 Å². The second-order valence-electron chi connectivity index (χ2n) is 5.36. The summed E-state index contributed by atoms with van der Waals surface area (Å²) in [5, 5.41) is 8.95. The molecular formula is C15H23N3O2. The molecule has 1 aliphatic rings. The number of rotatable bonds is 6. The fraction of sp³-hybridized carbons (Fsp3) is 0.600. The maximum absolute atomic E-state index is 10.8. The van der Waals surface area contributed by atoms with E-state index in [1.54, 1.807) is 0 Å². The van der Waals surface area contributed by atoms with Crippen LogP contribution in [0.1, 0.15) is 36.6 Å². The Morgan fingerprint density at radius 3 is 2.80 bits per heavy atom. The number of β-amino-alcohol motifs (C(OH)–C–C–N with tert-alkyl or cyclic N) is 1. The maximum Gasteiger partial charge on any atom is 0.217 e. The van der Waals surface area contributed by atoms with Gasteiger partial charge in [-0.05, 0) is 44.5 Å². The average molecular weight is 277 g/mol. The molecule has 1 aromatic rings. The van der Waals surface area contributed by atoms with Gasteiger partial charge in [-0.3, -0.25) is 9.78 Å². The van der Waals surface area contributed by atoms with Crippen LogP contribution in [-0.4, -0.2) is 47.1 Å². The quantitative estimate of drug-likeness (QED) is 0.801. The van der Waals surface area contributed by atoms with Crippen LogP contribution in [0, 0.1) is 0 Å². The molecular weight excluding hydrogens is 254 g/mol. The summed E-state index contributed by atoms with van der Waals surface area (Å²) in [7, 11) is 0. The lowest BCUT2D eigenvalue weighted by Gasteiger charge is -2.31. The third-order valence-corrected chi connectivity index (χ3v) is 3.88. The van der Waals surface area contributed by atoms with Crippen molar-refractivity contribution in [3.8, 4) is 0 Å². The molecule has 20 heavy (non-hydrogen) atoms. The molecule has 1 aliphatic heterocycles. The van der Waals surface area contributed by atoms with Crippen molar-refractivity contribution in [3.63, 3.8) is 0 Å². The molecule has 0 saturated carbocycles. The zero-order chi connectivity index (χ0) is 14.4. The summed E-state index contributed by atoms with van der Waals surface area (Å²) in [5.74, 6) is 0.202. The number of carbonyl (C=O) groups is 1. The van der Waals surface area contributed by atoms with Gasteiger partial charge in [0, 0.05) is 30.3 Å². The molecule has 1 aromatic heterocycles. The second kappa shape index (κ2) is 7.36. The number of hydrogen-bond acceptors (Lipinski definition) is 4. The maximum atomic E-state index is 10.8. The number of amides is 1. The van der Waals surface area contributed by atoms with Crippen LogP contribution in [0.25, 0.3) is 0 Å². The molecule has 0 unspecified atom stereocenters. The van der Waals surface area contributed by atoms with Crippen molar-refractivity contribution in [2.45, 2.75) is 31.6 Å². The first-order valence-corrected chi connectivity index (χ1v) is 7.26. The highest BCUT2D eigenvalue weighted by Crippen LogP contribution is 2.26. The summed E-state index contributed by atoms with van der Waals surface area (Å²) in [4.78, 5) is 17.8. The van der Waals surface area contributed by atoms with Crippen molar-refractivity contribution in [2.75, 3.05) is 26.2 Å². The number of nitrogens with two attached hydrogens (primary N) is 1. The number of likely N-dealkylation sites (tertiary alicyclic amines) is 1. The van der Waals surface area contributed by atoms with Crippen LogP contribution >= 0.6 is 0 Å². The third kappa shape index (κ3) is 4.28. The number of aromatic nitrogens is 1. The van der Waals surface area contributed by atoms with E-state index < -0.39 is 0 Å². The number of aryl methyl sites for hydroxylation is 1. The summed E-state index contributed by atoms with van der Waals surface area (Å²) in [5.41, 5.74) is 7.24. The van der Waals surface area contributed by atoms with E-state index >= 15 is 0 Å². The summed E-state index contributed by atoms with van der Waals surface area (Å²) < 4.78 is 0. The normalized spacial score (nSPS) is 17.2. The van der Waals surface area contributed by atoms with Crippen LogP contribution in [0.2, 0.25) is 0 Å². The van der Waals surface area contributed by atoms with E-state index in [1.165, 1.54) is 0 Å². The van der Waals surface area contributed by atoms with E-state index in [0.29, 0.717) is 18.8 Å². The van der Waals surface area contributed by atoms with Gasteiger partial charge in [0.25, 0.3) is 0 Å². The highest BCUT2D eigenvalue weighted by Gasteiger charge is 2.21. The Hall–Kier alpha value is -1.46. The molecule has 1 amide bonds. The molecule has 1 saturated heterocycles. The molecule has 2 heterocycles. The summed E-state index contributed by atoms with van der Waals surface area (Å²) in [6, 6.07) is 6.03. The van der Waals surface area contributed by atoms with E-state index in [-0.39, 0.29) is 12.5 Å². The van der Waals surface area contributed by atoms with Gasteiger partial charge < -0.3 is 15.7 Å². The monoisotopic (exact) mass is 277 g/mol. The predicted octanol–water partition coefficient (Wildman–Crippen LogP) is 0.671. The number of aliphatic hydroxyl groups excluding tert-OH is 1. The lowest BCUT2D eigenvalue weighted by atomic mass is 9.93. The Labute approximate surface area is 119 Å². The van der Waals surface area contributed by atoms with E-state index in [9.17, 15) is 4.79 Å². The first-order chi connectivity index (χ1) is 9.69. The number of aliphatic hydroxyl groups is 1. The first-order valence-electron chi connectivity index (χ1n) is 7.26. The van der Waals surface area contributed by atoms with E-state index in [4.69, 9.17) is 10.8 Å². The molecule has 3 N–H and O–H groups in total. The molecule has 5 heteroatoms. The van der Waals surface area contributed by atoms with Gasteiger partial charge in [0.2, 0.25) is 5.91 Å². The molecule has 0 radical (unpaired) electrons. The Morgan fingerprint density at radius 1 is 1.40 bits per heavy atom. The second-order valence-corrected chi connectivity index (χ2v) is 5.36. The number of pyridine rings is 1. The summed E-state index contributed by atoms with van der Waals surface area (Å²) in [6.07, 6.45) is 3.12. The van der Waals surface area contributed by atoms with Gasteiger partial charge in [-0.25, -0.2) is 0 Å². The van der Waals surface area contributed by atoms with Crippen molar-refractivity contribution in [2.24, 2.45) is 5.73 Å². The minimum atomic E-state index is -0.283. The molecule has 5 nitrogen and oxygen atoms in total. The van der Waals surface area contributed by atoms with Crippen molar-refractivity contribution < 1.29 is 9.90 Å². The molecule has 110 valence electrons. The van der Waals surface area contributed by atoms with Crippen LogP contribution in [0.3, 0.4) is 0 Å². The fourth-order valence-corrected chi connectivity index (χ4v) is 2.71. The molecule has 2 rings (SSSR count). The van der Waals surface area contributed by atoms with Crippen LogP contribution in [0.15, 0.2) is 18.2 Å². The van der Waals surface area contributed by atoms with E-state index in [2.05, 4.69) is 16.0 Å². The Kier molecular flexibility index (Phi) is 5.49. The molecule has 0 atom stereocenters. The van der Waals surface area contributed by atoms with Crippen molar-refractivity contribution in [1.29, 1.82) is 0 Å². The summed E-state index contributed by atoms with van der Waals surface area (Å²) >= 11 is 0. The smallest absolute Gasteiger partial charge is 0.217 e. The van der Waals surface area contributed by atoms with Crippen LogP contribution in [0.4, 0.5) is 0 Å². The zero-order valence-corrected chi connectivity index (χ0v) is 11.8. The molecule has 1 fully saturated rings. The molecule has 0 aromatic carbocycles. The number of carbonyl (C=O) groups excluding carboxylic acids is 1. The third-order valence-electron chi connectivity index (χ3n) is 3.88. The van der Waals surface area contributed by atoms with Gasteiger partial charge in [-0.1, -0.05) is 6.07 Å². The minimum Gasteiger partial charge on any atom is -0.395 e. The highest BCUT2D eigenvalue weighted by atomic mass is 16.3. The first kappa shape index (κ1) is 14.9.